The van der Waals surface area contributed by atoms with Crippen LogP contribution in [0, 0.1) is 6.92 Å². The van der Waals surface area contributed by atoms with Gasteiger partial charge >= 0.3 is 0 Å². The van der Waals surface area contributed by atoms with Crippen molar-refractivity contribution in [1.82, 2.24) is 10.3 Å². The Kier molecular flexibility index (Phi) is 4.31. The number of anilines is 1. The van der Waals surface area contributed by atoms with Crippen molar-refractivity contribution in [3.05, 3.63) is 59.4 Å². The quantitative estimate of drug-likeness (QED) is 0.936. The zero-order valence-corrected chi connectivity index (χ0v) is 12.4. The van der Waals surface area contributed by atoms with Crippen LogP contribution in [0.3, 0.4) is 0 Å². The SMILES string of the molecule is Cc1cnccc1/C=C/c1ccc(N2CCNCC2)cc1. The van der Waals surface area contributed by atoms with Gasteiger partial charge in [0.2, 0.25) is 0 Å². The summed E-state index contributed by atoms with van der Waals surface area (Å²) < 4.78 is 0. The molecule has 1 aliphatic rings. The largest absolute Gasteiger partial charge is 0.369 e. The molecule has 0 amide bonds. The summed E-state index contributed by atoms with van der Waals surface area (Å²) in [6, 6.07) is 10.8. The van der Waals surface area contributed by atoms with Gasteiger partial charge in [-0.15, -0.1) is 0 Å². The molecule has 1 aliphatic heterocycles. The average Bonchev–Trinajstić information content (AvgIpc) is 2.55. The van der Waals surface area contributed by atoms with Gasteiger partial charge in [0.1, 0.15) is 0 Å². The third-order valence-corrected chi connectivity index (χ3v) is 3.89. The monoisotopic (exact) mass is 279 g/mol. The van der Waals surface area contributed by atoms with Crippen LogP contribution in [0.5, 0.6) is 0 Å². The third-order valence-electron chi connectivity index (χ3n) is 3.89. The molecule has 2 heterocycles. The number of pyridine rings is 1. The second kappa shape index (κ2) is 6.55. The van der Waals surface area contributed by atoms with Crippen LogP contribution in [0.25, 0.3) is 12.2 Å². The number of benzene rings is 1. The molecule has 0 unspecified atom stereocenters. The zero-order chi connectivity index (χ0) is 14.5. The minimum absolute atomic E-state index is 1.07. The predicted molar refractivity (Wildman–Crippen MR) is 89.4 cm³/mol. The van der Waals surface area contributed by atoms with Crippen molar-refractivity contribution >= 4 is 17.8 Å². The van der Waals surface area contributed by atoms with Crippen molar-refractivity contribution < 1.29 is 0 Å². The van der Waals surface area contributed by atoms with E-state index in [4.69, 9.17) is 0 Å². The fraction of sp³-hybridized carbons (Fsp3) is 0.278. The van der Waals surface area contributed by atoms with Crippen LogP contribution in [0.1, 0.15) is 16.7 Å². The Morgan fingerprint density at radius 1 is 1.05 bits per heavy atom. The molecule has 1 aromatic heterocycles. The summed E-state index contributed by atoms with van der Waals surface area (Å²) in [5.41, 5.74) is 4.96. The number of hydrogen-bond acceptors (Lipinski definition) is 3. The van der Waals surface area contributed by atoms with E-state index in [-0.39, 0.29) is 0 Å². The lowest BCUT2D eigenvalue weighted by Crippen LogP contribution is -2.43. The smallest absolute Gasteiger partial charge is 0.0367 e. The Hall–Kier alpha value is -2.13. The van der Waals surface area contributed by atoms with Crippen LogP contribution in [0.15, 0.2) is 42.7 Å². The lowest BCUT2D eigenvalue weighted by Gasteiger charge is -2.29. The predicted octanol–water partition coefficient (Wildman–Crippen LogP) is 2.97. The maximum Gasteiger partial charge on any atom is 0.0367 e. The van der Waals surface area contributed by atoms with Crippen molar-refractivity contribution in [3.63, 3.8) is 0 Å². The molecule has 0 radical (unpaired) electrons. The van der Waals surface area contributed by atoms with Gasteiger partial charge in [-0.1, -0.05) is 24.3 Å². The van der Waals surface area contributed by atoms with E-state index < -0.39 is 0 Å². The van der Waals surface area contributed by atoms with E-state index in [2.05, 4.69) is 58.5 Å². The Balaban J connectivity index is 1.71. The van der Waals surface area contributed by atoms with E-state index in [1.807, 2.05) is 18.5 Å². The topological polar surface area (TPSA) is 28.2 Å². The van der Waals surface area contributed by atoms with Gasteiger partial charge in [-0.3, -0.25) is 4.98 Å². The molecular weight excluding hydrogens is 258 g/mol. The highest BCUT2D eigenvalue weighted by Gasteiger charge is 2.09. The highest BCUT2D eigenvalue weighted by molar-refractivity contribution is 5.71. The molecule has 0 aliphatic carbocycles. The number of nitrogens with zero attached hydrogens (tertiary/aromatic N) is 2. The fourth-order valence-electron chi connectivity index (χ4n) is 2.58. The lowest BCUT2D eigenvalue weighted by molar-refractivity contribution is 0.589. The number of hydrogen-bond donors (Lipinski definition) is 1. The molecule has 21 heavy (non-hydrogen) atoms. The van der Waals surface area contributed by atoms with Crippen LogP contribution >= 0.6 is 0 Å². The van der Waals surface area contributed by atoms with Gasteiger partial charge in [0, 0.05) is 44.3 Å². The number of piperazine rings is 1. The number of rotatable bonds is 3. The van der Waals surface area contributed by atoms with Crippen molar-refractivity contribution in [2.75, 3.05) is 31.1 Å². The van der Waals surface area contributed by atoms with Gasteiger partial charge < -0.3 is 10.2 Å². The van der Waals surface area contributed by atoms with E-state index in [1.54, 1.807) is 0 Å². The Bertz CT molecular complexity index is 611. The first kappa shape index (κ1) is 13.8. The van der Waals surface area contributed by atoms with Gasteiger partial charge in [0.05, 0.1) is 0 Å². The van der Waals surface area contributed by atoms with Gasteiger partial charge in [-0.2, -0.15) is 0 Å². The minimum atomic E-state index is 1.07. The minimum Gasteiger partial charge on any atom is -0.369 e. The molecule has 108 valence electrons. The molecule has 1 saturated heterocycles. The summed E-state index contributed by atoms with van der Waals surface area (Å²) in [6.45, 7) is 6.41. The van der Waals surface area contributed by atoms with Crippen molar-refractivity contribution in [2.45, 2.75) is 6.92 Å². The van der Waals surface area contributed by atoms with Crippen LogP contribution < -0.4 is 10.2 Å². The molecule has 1 N–H and O–H groups in total. The summed E-state index contributed by atoms with van der Waals surface area (Å²) in [7, 11) is 0. The first-order valence-electron chi connectivity index (χ1n) is 7.47. The van der Waals surface area contributed by atoms with E-state index in [1.165, 1.54) is 22.4 Å². The molecule has 0 saturated carbocycles. The first-order chi connectivity index (χ1) is 10.3. The summed E-state index contributed by atoms with van der Waals surface area (Å²) in [4.78, 5) is 6.55. The second-order valence-electron chi connectivity index (χ2n) is 5.39. The molecule has 3 heteroatoms. The summed E-state index contributed by atoms with van der Waals surface area (Å²) in [5.74, 6) is 0. The van der Waals surface area contributed by atoms with Crippen LogP contribution in [0.2, 0.25) is 0 Å². The van der Waals surface area contributed by atoms with E-state index in [0.29, 0.717) is 0 Å². The molecule has 0 atom stereocenters. The lowest BCUT2D eigenvalue weighted by atomic mass is 10.1. The fourth-order valence-corrected chi connectivity index (χ4v) is 2.58. The third kappa shape index (κ3) is 3.50. The molecular formula is C18H21N3. The Labute approximate surface area is 126 Å². The van der Waals surface area contributed by atoms with E-state index in [9.17, 15) is 0 Å². The molecule has 3 rings (SSSR count). The number of nitrogens with one attached hydrogen (secondary N) is 1. The second-order valence-corrected chi connectivity index (χ2v) is 5.39. The van der Waals surface area contributed by atoms with Crippen LogP contribution in [0.4, 0.5) is 5.69 Å². The molecule has 3 nitrogen and oxygen atoms in total. The average molecular weight is 279 g/mol. The first-order valence-corrected chi connectivity index (χ1v) is 7.47. The van der Waals surface area contributed by atoms with Gasteiger partial charge in [0.15, 0.2) is 0 Å². The molecule has 0 bridgehead atoms. The maximum absolute atomic E-state index is 4.12. The van der Waals surface area contributed by atoms with E-state index in [0.717, 1.165) is 26.2 Å². The van der Waals surface area contributed by atoms with Crippen LogP contribution in [-0.4, -0.2) is 31.2 Å². The molecule has 1 fully saturated rings. The summed E-state index contributed by atoms with van der Waals surface area (Å²) in [5, 5.41) is 3.38. The van der Waals surface area contributed by atoms with Crippen molar-refractivity contribution in [1.29, 1.82) is 0 Å². The van der Waals surface area contributed by atoms with Crippen molar-refractivity contribution in [3.8, 4) is 0 Å². The van der Waals surface area contributed by atoms with Gasteiger partial charge in [0.25, 0.3) is 0 Å². The summed E-state index contributed by atoms with van der Waals surface area (Å²) in [6.07, 6.45) is 8.04. The number of aromatic nitrogens is 1. The van der Waals surface area contributed by atoms with E-state index >= 15 is 0 Å². The Morgan fingerprint density at radius 3 is 2.52 bits per heavy atom. The maximum atomic E-state index is 4.12. The molecule has 1 aromatic carbocycles. The van der Waals surface area contributed by atoms with Gasteiger partial charge in [-0.25, -0.2) is 0 Å². The zero-order valence-electron chi connectivity index (χ0n) is 12.4. The van der Waals surface area contributed by atoms with Crippen molar-refractivity contribution in [2.24, 2.45) is 0 Å². The molecule has 2 aromatic rings. The highest BCUT2D eigenvalue weighted by Crippen LogP contribution is 2.17. The van der Waals surface area contributed by atoms with Gasteiger partial charge in [-0.05, 0) is 41.8 Å². The number of aryl methyl sites for hydroxylation is 1. The molecule has 0 spiro atoms. The Morgan fingerprint density at radius 2 is 1.81 bits per heavy atom. The van der Waals surface area contributed by atoms with Crippen LogP contribution in [-0.2, 0) is 0 Å². The highest BCUT2D eigenvalue weighted by atomic mass is 15.2. The summed E-state index contributed by atoms with van der Waals surface area (Å²) >= 11 is 0. The standard InChI is InChI=1S/C18H21N3/c1-15-14-20-9-8-17(15)5-2-16-3-6-18(7-4-16)21-12-10-19-11-13-21/h2-9,14,19H,10-13H2,1H3/b5-2+. The normalized spacial score (nSPS) is 15.6.